The summed E-state index contributed by atoms with van der Waals surface area (Å²) in [5.74, 6) is 0.996. The van der Waals surface area contributed by atoms with E-state index in [4.69, 9.17) is 4.74 Å². The standard InChI is InChI=1S/C16H24N4O2/c1-15(2,3)22-14(21)19-8-5-16(6-9-19)10-20(11-16)13-4-7-17-12-18-13/h4,7,12H,5-6,8-11H2,1-3H3. The Kier molecular flexibility index (Phi) is 3.70. The third kappa shape index (κ3) is 3.15. The highest BCUT2D eigenvalue weighted by Crippen LogP contribution is 2.42. The van der Waals surface area contributed by atoms with Crippen molar-refractivity contribution in [2.24, 2.45) is 5.41 Å². The number of piperidine rings is 1. The molecule has 1 aromatic rings. The Morgan fingerprint density at radius 2 is 1.95 bits per heavy atom. The molecule has 3 rings (SSSR count). The van der Waals surface area contributed by atoms with E-state index < -0.39 is 5.60 Å². The predicted molar refractivity (Wildman–Crippen MR) is 83.7 cm³/mol. The minimum absolute atomic E-state index is 0.186. The number of carbonyl (C=O) groups excluding carboxylic acids is 1. The van der Waals surface area contributed by atoms with E-state index in [0.29, 0.717) is 5.41 Å². The average molecular weight is 304 g/mol. The summed E-state index contributed by atoms with van der Waals surface area (Å²) >= 11 is 0. The third-order valence-electron chi connectivity index (χ3n) is 4.42. The van der Waals surface area contributed by atoms with Crippen LogP contribution in [0.25, 0.3) is 0 Å². The third-order valence-corrected chi connectivity index (χ3v) is 4.42. The van der Waals surface area contributed by atoms with Crippen molar-refractivity contribution in [1.29, 1.82) is 0 Å². The fourth-order valence-corrected chi connectivity index (χ4v) is 3.20. The zero-order valence-electron chi connectivity index (χ0n) is 13.6. The van der Waals surface area contributed by atoms with Crippen LogP contribution in [0.2, 0.25) is 0 Å². The van der Waals surface area contributed by atoms with Crippen molar-refractivity contribution in [3.63, 3.8) is 0 Å². The lowest BCUT2D eigenvalue weighted by Gasteiger charge is -2.54. The Bertz CT molecular complexity index is 525. The summed E-state index contributed by atoms with van der Waals surface area (Å²) in [5, 5.41) is 0. The maximum absolute atomic E-state index is 12.1. The monoisotopic (exact) mass is 304 g/mol. The van der Waals surface area contributed by atoms with Crippen molar-refractivity contribution in [2.45, 2.75) is 39.2 Å². The van der Waals surface area contributed by atoms with Crippen LogP contribution in [0.1, 0.15) is 33.6 Å². The van der Waals surface area contributed by atoms with Gasteiger partial charge in [-0.25, -0.2) is 14.8 Å². The maximum Gasteiger partial charge on any atom is 0.410 e. The van der Waals surface area contributed by atoms with Crippen molar-refractivity contribution in [3.05, 3.63) is 18.6 Å². The predicted octanol–water partition coefficient (Wildman–Crippen LogP) is 2.31. The molecule has 0 N–H and O–H groups in total. The lowest BCUT2D eigenvalue weighted by Crippen LogP contribution is -2.61. The molecule has 120 valence electrons. The van der Waals surface area contributed by atoms with Gasteiger partial charge < -0.3 is 14.5 Å². The molecule has 0 aliphatic carbocycles. The zero-order chi connectivity index (χ0) is 15.8. The number of rotatable bonds is 1. The van der Waals surface area contributed by atoms with Gasteiger partial charge in [-0.05, 0) is 39.7 Å². The number of anilines is 1. The molecule has 3 heterocycles. The molecule has 0 radical (unpaired) electrons. The van der Waals surface area contributed by atoms with Gasteiger partial charge in [0, 0.05) is 37.8 Å². The molecular formula is C16H24N4O2. The number of aromatic nitrogens is 2. The molecule has 0 atom stereocenters. The molecule has 2 saturated heterocycles. The van der Waals surface area contributed by atoms with Crippen molar-refractivity contribution < 1.29 is 9.53 Å². The number of ether oxygens (including phenoxy) is 1. The fraction of sp³-hybridized carbons (Fsp3) is 0.688. The van der Waals surface area contributed by atoms with Gasteiger partial charge in [0.25, 0.3) is 0 Å². The number of amides is 1. The van der Waals surface area contributed by atoms with Crippen LogP contribution in [0.15, 0.2) is 18.6 Å². The van der Waals surface area contributed by atoms with Gasteiger partial charge in [-0.2, -0.15) is 0 Å². The molecule has 2 fully saturated rings. The molecule has 1 aromatic heterocycles. The molecule has 0 saturated carbocycles. The van der Waals surface area contributed by atoms with E-state index in [9.17, 15) is 4.79 Å². The summed E-state index contributed by atoms with van der Waals surface area (Å²) in [6, 6.07) is 1.95. The summed E-state index contributed by atoms with van der Waals surface area (Å²) in [6.07, 6.45) is 5.25. The highest BCUT2D eigenvalue weighted by molar-refractivity contribution is 5.68. The van der Waals surface area contributed by atoms with Crippen molar-refractivity contribution in [3.8, 4) is 0 Å². The van der Waals surface area contributed by atoms with Crippen LogP contribution in [0.4, 0.5) is 10.6 Å². The lowest BCUT2D eigenvalue weighted by atomic mass is 9.72. The molecule has 6 heteroatoms. The molecule has 0 unspecified atom stereocenters. The lowest BCUT2D eigenvalue weighted by molar-refractivity contribution is 0.00590. The van der Waals surface area contributed by atoms with Gasteiger partial charge in [-0.1, -0.05) is 0 Å². The summed E-state index contributed by atoms with van der Waals surface area (Å²) in [6.45, 7) is 9.32. The quantitative estimate of drug-likeness (QED) is 0.797. The van der Waals surface area contributed by atoms with Crippen LogP contribution in [0.3, 0.4) is 0 Å². The van der Waals surface area contributed by atoms with E-state index in [1.807, 2.05) is 31.7 Å². The van der Waals surface area contributed by atoms with Crippen LogP contribution in [0, 0.1) is 5.41 Å². The molecule has 22 heavy (non-hydrogen) atoms. The fourth-order valence-electron chi connectivity index (χ4n) is 3.20. The number of likely N-dealkylation sites (tertiary alicyclic amines) is 1. The molecular weight excluding hydrogens is 280 g/mol. The largest absolute Gasteiger partial charge is 0.444 e. The Morgan fingerprint density at radius 3 is 2.50 bits per heavy atom. The summed E-state index contributed by atoms with van der Waals surface area (Å²) in [5.41, 5.74) is -0.0873. The van der Waals surface area contributed by atoms with Crippen molar-refractivity contribution in [2.75, 3.05) is 31.1 Å². The van der Waals surface area contributed by atoms with E-state index in [2.05, 4.69) is 14.9 Å². The Balaban J connectivity index is 1.50. The molecule has 1 spiro atoms. The smallest absolute Gasteiger partial charge is 0.410 e. The first kappa shape index (κ1) is 15.1. The van der Waals surface area contributed by atoms with Gasteiger partial charge in [-0.15, -0.1) is 0 Å². The molecule has 1 amide bonds. The van der Waals surface area contributed by atoms with Gasteiger partial charge in [0.2, 0.25) is 0 Å². The summed E-state index contributed by atoms with van der Waals surface area (Å²) in [7, 11) is 0. The Labute approximate surface area is 131 Å². The first-order valence-electron chi connectivity index (χ1n) is 7.86. The Morgan fingerprint density at radius 1 is 1.27 bits per heavy atom. The molecule has 2 aliphatic rings. The van der Waals surface area contributed by atoms with E-state index in [1.165, 1.54) is 0 Å². The van der Waals surface area contributed by atoms with Gasteiger partial charge >= 0.3 is 6.09 Å². The van der Waals surface area contributed by atoms with Crippen LogP contribution in [-0.4, -0.2) is 52.7 Å². The molecule has 0 bridgehead atoms. The van der Waals surface area contributed by atoms with Crippen LogP contribution in [0.5, 0.6) is 0 Å². The number of hydrogen-bond acceptors (Lipinski definition) is 5. The number of nitrogens with zero attached hydrogens (tertiary/aromatic N) is 4. The second-order valence-electron chi connectivity index (χ2n) is 7.39. The first-order valence-corrected chi connectivity index (χ1v) is 7.86. The van der Waals surface area contributed by atoms with E-state index in [-0.39, 0.29) is 6.09 Å². The van der Waals surface area contributed by atoms with Crippen LogP contribution in [-0.2, 0) is 4.74 Å². The van der Waals surface area contributed by atoms with Crippen LogP contribution >= 0.6 is 0 Å². The van der Waals surface area contributed by atoms with Crippen LogP contribution < -0.4 is 4.90 Å². The van der Waals surface area contributed by atoms with Crippen molar-refractivity contribution in [1.82, 2.24) is 14.9 Å². The number of hydrogen-bond donors (Lipinski definition) is 0. The molecule has 0 aromatic carbocycles. The number of carbonyl (C=O) groups is 1. The average Bonchev–Trinajstić information content (AvgIpc) is 2.44. The summed E-state index contributed by atoms with van der Waals surface area (Å²) < 4.78 is 5.45. The second kappa shape index (κ2) is 5.41. The van der Waals surface area contributed by atoms with E-state index in [0.717, 1.165) is 44.8 Å². The Hall–Kier alpha value is -1.85. The second-order valence-corrected chi connectivity index (χ2v) is 7.39. The SMILES string of the molecule is CC(C)(C)OC(=O)N1CCC2(CC1)CN(c1ccncn1)C2. The van der Waals surface area contributed by atoms with Gasteiger partial charge in [0.05, 0.1) is 0 Å². The van der Waals surface area contributed by atoms with Gasteiger partial charge in [0.15, 0.2) is 0 Å². The minimum Gasteiger partial charge on any atom is -0.444 e. The first-order chi connectivity index (χ1) is 10.4. The van der Waals surface area contributed by atoms with Gasteiger partial charge in [-0.3, -0.25) is 0 Å². The van der Waals surface area contributed by atoms with E-state index >= 15 is 0 Å². The van der Waals surface area contributed by atoms with E-state index in [1.54, 1.807) is 12.5 Å². The molecule has 2 aliphatic heterocycles. The molecule has 6 nitrogen and oxygen atoms in total. The maximum atomic E-state index is 12.1. The highest BCUT2D eigenvalue weighted by Gasteiger charge is 2.46. The summed E-state index contributed by atoms with van der Waals surface area (Å²) in [4.78, 5) is 24.5. The van der Waals surface area contributed by atoms with Gasteiger partial charge in [0.1, 0.15) is 17.7 Å². The normalized spacial score (nSPS) is 20.7. The zero-order valence-corrected chi connectivity index (χ0v) is 13.6. The van der Waals surface area contributed by atoms with Crippen molar-refractivity contribution >= 4 is 11.9 Å². The highest BCUT2D eigenvalue weighted by atomic mass is 16.6. The minimum atomic E-state index is -0.424. The topological polar surface area (TPSA) is 58.6 Å².